The number of carboxylic acid groups (broad SMARTS) is 1. The van der Waals surface area contributed by atoms with E-state index in [1.165, 1.54) is 14.0 Å². The van der Waals surface area contributed by atoms with Crippen molar-refractivity contribution in [3.8, 4) is 0 Å². The molecule has 20 heavy (non-hydrogen) atoms. The SMILES string of the molecule is CC(C(=O)O)N(C)C(=O)Cc1csc(NS(C)(=O)=O)n1. The number of nitrogens with zero attached hydrogens (tertiary/aromatic N) is 2. The Morgan fingerprint density at radius 1 is 1.55 bits per heavy atom. The molecule has 1 heterocycles. The number of carbonyl (C=O) groups is 2. The summed E-state index contributed by atoms with van der Waals surface area (Å²) in [5.74, 6) is -1.50. The zero-order valence-electron chi connectivity index (χ0n) is 11.2. The largest absolute Gasteiger partial charge is 0.480 e. The number of hydrogen-bond acceptors (Lipinski definition) is 6. The van der Waals surface area contributed by atoms with Crippen LogP contribution in [0.15, 0.2) is 5.38 Å². The van der Waals surface area contributed by atoms with E-state index in [1.54, 1.807) is 5.38 Å². The second-order valence-electron chi connectivity index (χ2n) is 4.21. The Labute approximate surface area is 120 Å². The first-order chi connectivity index (χ1) is 9.10. The number of rotatable bonds is 6. The van der Waals surface area contributed by atoms with Gasteiger partial charge >= 0.3 is 5.97 Å². The minimum Gasteiger partial charge on any atom is -0.480 e. The van der Waals surface area contributed by atoms with Crippen molar-refractivity contribution in [2.75, 3.05) is 18.0 Å². The molecule has 2 N–H and O–H groups in total. The number of thiazole rings is 1. The van der Waals surface area contributed by atoms with Crippen LogP contribution in [0.2, 0.25) is 0 Å². The molecule has 0 fully saturated rings. The van der Waals surface area contributed by atoms with Gasteiger partial charge in [0.2, 0.25) is 15.9 Å². The van der Waals surface area contributed by atoms with Crippen molar-refractivity contribution in [1.29, 1.82) is 0 Å². The first kappa shape index (κ1) is 16.4. The summed E-state index contributed by atoms with van der Waals surface area (Å²) in [6.07, 6.45) is 0.914. The monoisotopic (exact) mass is 321 g/mol. The van der Waals surface area contributed by atoms with E-state index in [9.17, 15) is 18.0 Å². The molecular formula is C10H15N3O5S2. The number of amides is 1. The number of aromatic nitrogens is 1. The van der Waals surface area contributed by atoms with Gasteiger partial charge in [0.1, 0.15) is 6.04 Å². The van der Waals surface area contributed by atoms with Crippen molar-refractivity contribution >= 4 is 38.4 Å². The summed E-state index contributed by atoms with van der Waals surface area (Å²) in [6, 6.07) is -0.935. The van der Waals surface area contributed by atoms with Gasteiger partial charge in [-0.1, -0.05) is 0 Å². The molecule has 0 aliphatic carbocycles. The van der Waals surface area contributed by atoms with Crippen molar-refractivity contribution in [1.82, 2.24) is 9.88 Å². The summed E-state index contributed by atoms with van der Waals surface area (Å²) in [5.41, 5.74) is 0.385. The Morgan fingerprint density at radius 2 is 2.15 bits per heavy atom. The van der Waals surface area contributed by atoms with E-state index >= 15 is 0 Å². The number of sulfonamides is 1. The second-order valence-corrected chi connectivity index (χ2v) is 6.82. The van der Waals surface area contributed by atoms with Crippen LogP contribution < -0.4 is 4.72 Å². The van der Waals surface area contributed by atoms with E-state index in [0.717, 1.165) is 22.5 Å². The first-order valence-corrected chi connectivity index (χ1v) is 8.28. The summed E-state index contributed by atoms with van der Waals surface area (Å²) < 4.78 is 24.2. The van der Waals surface area contributed by atoms with Crippen LogP contribution in [-0.4, -0.2) is 54.6 Å². The fourth-order valence-electron chi connectivity index (χ4n) is 1.25. The van der Waals surface area contributed by atoms with Crippen LogP contribution in [0.25, 0.3) is 0 Å². The summed E-state index contributed by atoms with van der Waals surface area (Å²) in [5, 5.41) is 10.5. The Morgan fingerprint density at radius 3 is 2.65 bits per heavy atom. The van der Waals surface area contributed by atoms with Gasteiger partial charge in [0.05, 0.1) is 18.4 Å². The molecular weight excluding hydrogens is 306 g/mol. The predicted molar refractivity (Wildman–Crippen MR) is 74.2 cm³/mol. The molecule has 1 unspecified atom stereocenters. The van der Waals surface area contributed by atoms with E-state index in [1.807, 2.05) is 0 Å². The molecule has 112 valence electrons. The zero-order chi connectivity index (χ0) is 15.5. The van der Waals surface area contributed by atoms with Gasteiger partial charge in [-0.05, 0) is 6.92 Å². The average molecular weight is 321 g/mol. The minimum atomic E-state index is -3.41. The van der Waals surface area contributed by atoms with Gasteiger partial charge in [-0.3, -0.25) is 9.52 Å². The Kier molecular flexibility index (Phi) is 5.06. The third-order valence-electron chi connectivity index (χ3n) is 2.49. The number of likely N-dealkylation sites (N-methyl/N-ethyl adjacent to an activating group) is 1. The van der Waals surface area contributed by atoms with E-state index < -0.39 is 27.9 Å². The van der Waals surface area contributed by atoms with E-state index in [-0.39, 0.29) is 11.6 Å². The van der Waals surface area contributed by atoms with Crippen LogP contribution in [0.3, 0.4) is 0 Å². The van der Waals surface area contributed by atoms with Crippen molar-refractivity contribution in [2.45, 2.75) is 19.4 Å². The maximum absolute atomic E-state index is 11.8. The molecule has 0 aromatic carbocycles. The zero-order valence-corrected chi connectivity index (χ0v) is 12.8. The molecule has 1 aromatic heterocycles. The average Bonchev–Trinajstić information content (AvgIpc) is 2.71. The van der Waals surface area contributed by atoms with Gasteiger partial charge in [-0.25, -0.2) is 18.2 Å². The van der Waals surface area contributed by atoms with Crippen LogP contribution in [0.5, 0.6) is 0 Å². The lowest BCUT2D eigenvalue weighted by Crippen LogP contribution is -2.41. The maximum Gasteiger partial charge on any atom is 0.326 e. The molecule has 1 atom stereocenters. The van der Waals surface area contributed by atoms with Crippen LogP contribution in [0.1, 0.15) is 12.6 Å². The fourth-order valence-corrected chi connectivity index (χ4v) is 2.82. The molecule has 1 aromatic rings. The molecule has 0 saturated carbocycles. The number of anilines is 1. The van der Waals surface area contributed by atoms with Gasteiger partial charge in [0, 0.05) is 12.4 Å². The quantitative estimate of drug-likeness (QED) is 0.761. The summed E-state index contributed by atoms with van der Waals surface area (Å²) >= 11 is 1.06. The number of carboxylic acids is 1. The summed E-state index contributed by atoms with van der Waals surface area (Å²) in [4.78, 5) is 27.7. The van der Waals surface area contributed by atoms with Crippen LogP contribution in [0.4, 0.5) is 5.13 Å². The minimum absolute atomic E-state index is 0.0872. The normalized spacial score (nSPS) is 12.8. The smallest absolute Gasteiger partial charge is 0.326 e. The number of nitrogens with one attached hydrogen (secondary N) is 1. The van der Waals surface area contributed by atoms with E-state index in [0.29, 0.717) is 5.69 Å². The second kappa shape index (κ2) is 6.18. The molecule has 0 saturated heterocycles. The molecule has 10 heteroatoms. The highest BCUT2D eigenvalue weighted by Crippen LogP contribution is 2.17. The lowest BCUT2D eigenvalue weighted by atomic mass is 10.2. The molecule has 1 rings (SSSR count). The first-order valence-electron chi connectivity index (χ1n) is 5.51. The molecule has 0 spiro atoms. The fraction of sp³-hybridized carbons (Fsp3) is 0.500. The Bertz CT molecular complexity index is 610. The summed E-state index contributed by atoms with van der Waals surface area (Å²) in [7, 11) is -2.02. The number of aliphatic carboxylic acids is 1. The standard InChI is InChI=1S/C10H15N3O5S2/c1-6(9(15)16)13(2)8(14)4-7-5-19-10(11-7)12-20(3,17)18/h5-6H,4H2,1-3H3,(H,11,12)(H,15,16). The van der Waals surface area contributed by atoms with Crippen molar-refractivity contribution < 1.29 is 23.1 Å². The van der Waals surface area contributed by atoms with Crippen LogP contribution in [-0.2, 0) is 26.0 Å². The van der Waals surface area contributed by atoms with Crippen molar-refractivity contribution in [3.63, 3.8) is 0 Å². The van der Waals surface area contributed by atoms with Gasteiger partial charge in [0.25, 0.3) is 0 Å². The molecule has 0 radical (unpaired) electrons. The third-order valence-corrected chi connectivity index (χ3v) is 3.99. The topological polar surface area (TPSA) is 117 Å². The predicted octanol–water partition coefficient (Wildman–Crippen LogP) is -0.0114. The van der Waals surface area contributed by atoms with Gasteiger partial charge in [-0.2, -0.15) is 0 Å². The molecule has 0 aliphatic heterocycles. The Hall–Kier alpha value is -1.68. The van der Waals surface area contributed by atoms with Gasteiger partial charge < -0.3 is 10.0 Å². The lowest BCUT2D eigenvalue weighted by Gasteiger charge is -2.20. The molecule has 0 aliphatic rings. The number of carbonyl (C=O) groups excluding carboxylic acids is 1. The summed E-state index contributed by atoms with van der Waals surface area (Å²) in [6.45, 7) is 1.40. The molecule has 0 bridgehead atoms. The number of hydrogen-bond donors (Lipinski definition) is 2. The Balaban J connectivity index is 2.70. The maximum atomic E-state index is 11.8. The lowest BCUT2D eigenvalue weighted by molar-refractivity contribution is -0.148. The van der Waals surface area contributed by atoms with Crippen molar-refractivity contribution in [2.24, 2.45) is 0 Å². The third kappa shape index (κ3) is 4.78. The van der Waals surface area contributed by atoms with Crippen molar-refractivity contribution in [3.05, 3.63) is 11.1 Å². The van der Waals surface area contributed by atoms with E-state index in [4.69, 9.17) is 5.11 Å². The highest BCUT2D eigenvalue weighted by molar-refractivity contribution is 7.92. The molecule has 8 nitrogen and oxygen atoms in total. The molecule has 1 amide bonds. The van der Waals surface area contributed by atoms with Gasteiger partial charge in [-0.15, -0.1) is 11.3 Å². The van der Waals surface area contributed by atoms with Crippen LogP contribution in [0, 0.1) is 0 Å². The highest BCUT2D eigenvalue weighted by Gasteiger charge is 2.22. The highest BCUT2D eigenvalue weighted by atomic mass is 32.2. The van der Waals surface area contributed by atoms with E-state index in [2.05, 4.69) is 9.71 Å². The van der Waals surface area contributed by atoms with Gasteiger partial charge in [0.15, 0.2) is 5.13 Å². The van der Waals surface area contributed by atoms with Crippen LogP contribution >= 0.6 is 11.3 Å².